The molecule has 2 N–H and O–H groups in total. The van der Waals surface area contributed by atoms with Crippen LogP contribution in [0.4, 0.5) is 11.4 Å². The topological polar surface area (TPSA) is 95.6 Å². The van der Waals surface area contributed by atoms with Gasteiger partial charge in [-0.2, -0.15) is 0 Å². The predicted octanol–water partition coefficient (Wildman–Crippen LogP) is 2.51. The Bertz CT molecular complexity index is 1010. The normalized spacial score (nSPS) is 16.9. The molecule has 0 spiro atoms. The SMILES string of the molecule is O=C(NC1CC1)c1ccccc1NS(=O)(=O)c1ccc(N2CCCC2=O)cc1. The van der Waals surface area contributed by atoms with E-state index < -0.39 is 10.0 Å². The summed E-state index contributed by atoms with van der Waals surface area (Å²) in [4.78, 5) is 25.9. The Kier molecular flexibility index (Phi) is 4.80. The number of amides is 2. The average Bonchev–Trinajstić information content (AvgIpc) is 3.39. The van der Waals surface area contributed by atoms with Gasteiger partial charge in [0.1, 0.15) is 0 Å². The molecule has 1 saturated heterocycles. The van der Waals surface area contributed by atoms with Crippen molar-refractivity contribution < 1.29 is 18.0 Å². The van der Waals surface area contributed by atoms with Crippen LogP contribution < -0.4 is 14.9 Å². The third-order valence-electron chi connectivity index (χ3n) is 4.86. The maximum atomic E-state index is 12.8. The van der Waals surface area contributed by atoms with Crippen LogP contribution in [0.5, 0.6) is 0 Å². The molecule has 1 saturated carbocycles. The zero-order valence-electron chi connectivity index (χ0n) is 15.2. The smallest absolute Gasteiger partial charge is 0.261 e. The summed E-state index contributed by atoms with van der Waals surface area (Å²) >= 11 is 0. The predicted molar refractivity (Wildman–Crippen MR) is 106 cm³/mol. The van der Waals surface area contributed by atoms with Crippen molar-refractivity contribution in [3.63, 3.8) is 0 Å². The van der Waals surface area contributed by atoms with Crippen LogP contribution in [-0.4, -0.2) is 32.8 Å². The molecule has 1 aliphatic heterocycles. The van der Waals surface area contributed by atoms with Gasteiger partial charge >= 0.3 is 0 Å². The third kappa shape index (κ3) is 3.87. The Morgan fingerprint density at radius 1 is 1.04 bits per heavy atom. The van der Waals surface area contributed by atoms with Crippen LogP contribution in [0.1, 0.15) is 36.0 Å². The zero-order valence-corrected chi connectivity index (χ0v) is 16.0. The standard InChI is InChI=1S/C20H21N3O4S/c24-19-6-3-13-23(19)15-9-11-16(12-10-15)28(26,27)22-18-5-2-1-4-17(18)20(25)21-14-7-8-14/h1-2,4-5,9-12,14,22H,3,6-8,13H2,(H,21,25). The molecule has 0 aromatic heterocycles. The number of nitrogens with zero attached hydrogens (tertiary/aromatic N) is 1. The largest absolute Gasteiger partial charge is 0.349 e. The summed E-state index contributed by atoms with van der Waals surface area (Å²) in [5.74, 6) is -0.243. The molecule has 1 aliphatic carbocycles. The first kappa shape index (κ1) is 18.5. The first-order valence-corrected chi connectivity index (χ1v) is 10.8. The molecule has 7 nitrogen and oxygen atoms in total. The maximum Gasteiger partial charge on any atom is 0.261 e. The van der Waals surface area contributed by atoms with Crippen LogP contribution in [0.2, 0.25) is 0 Å². The summed E-state index contributed by atoms with van der Waals surface area (Å²) in [5, 5.41) is 2.87. The number of anilines is 2. The average molecular weight is 399 g/mol. The molecule has 1 heterocycles. The summed E-state index contributed by atoms with van der Waals surface area (Å²) in [6.45, 7) is 0.645. The maximum absolute atomic E-state index is 12.8. The first-order chi connectivity index (χ1) is 13.4. The molecule has 2 aromatic rings. The lowest BCUT2D eigenvalue weighted by molar-refractivity contribution is -0.117. The van der Waals surface area contributed by atoms with Crippen molar-refractivity contribution in [2.45, 2.75) is 36.6 Å². The summed E-state index contributed by atoms with van der Waals surface area (Å²) in [6, 6.07) is 12.9. The highest BCUT2D eigenvalue weighted by Crippen LogP contribution is 2.26. The number of benzene rings is 2. The Labute approximate surface area is 163 Å². The van der Waals surface area contributed by atoms with E-state index in [1.807, 2.05) is 0 Å². The van der Waals surface area contributed by atoms with Crippen molar-refractivity contribution in [3.05, 3.63) is 54.1 Å². The minimum absolute atomic E-state index is 0.0457. The fourth-order valence-electron chi connectivity index (χ4n) is 3.19. The van der Waals surface area contributed by atoms with Gasteiger partial charge in [-0.1, -0.05) is 12.1 Å². The number of rotatable bonds is 6. The number of hydrogen-bond donors (Lipinski definition) is 2. The lowest BCUT2D eigenvalue weighted by atomic mass is 10.1. The second kappa shape index (κ2) is 7.27. The van der Waals surface area contributed by atoms with Gasteiger partial charge in [0.05, 0.1) is 16.1 Å². The highest BCUT2D eigenvalue weighted by Gasteiger charge is 2.26. The van der Waals surface area contributed by atoms with Crippen molar-refractivity contribution in [3.8, 4) is 0 Å². The molecular formula is C20H21N3O4S. The molecule has 146 valence electrons. The van der Waals surface area contributed by atoms with E-state index in [2.05, 4.69) is 10.0 Å². The van der Waals surface area contributed by atoms with Crippen LogP contribution in [0.3, 0.4) is 0 Å². The Morgan fingerprint density at radius 3 is 2.39 bits per heavy atom. The minimum atomic E-state index is -3.87. The molecule has 2 fully saturated rings. The molecule has 8 heteroatoms. The van der Waals surface area contributed by atoms with E-state index in [0.717, 1.165) is 19.3 Å². The van der Waals surface area contributed by atoms with Gasteiger partial charge in [0.2, 0.25) is 5.91 Å². The van der Waals surface area contributed by atoms with E-state index in [1.54, 1.807) is 41.3 Å². The molecule has 4 rings (SSSR count). The molecule has 28 heavy (non-hydrogen) atoms. The van der Waals surface area contributed by atoms with Crippen molar-refractivity contribution in [1.82, 2.24) is 5.32 Å². The molecule has 0 atom stereocenters. The Balaban J connectivity index is 1.54. The first-order valence-electron chi connectivity index (χ1n) is 9.27. The van der Waals surface area contributed by atoms with E-state index in [9.17, 15) is 18.0 Å². The number of nitrogens with one attached hydrogen (secondary N) is 2. The van der Waals surface area contributed by atoms with Crippen molar-refractivity contribution in [1.29, 1.82) is 0 Å². The van der Waals surface area contributed by atoms with Gasteiger partial charge in [-0.25, -0.2) is 8.42 Å². The Morgan fingerprint density at radius 2 is 1.75 bits per heavy atom. The number of para-hydroxylation sites is 1. The van der Waals surface area contributed by atoms with E-state index in [0.29, 0.717) is 18.7 Å². The highest BCUT2D eigenvalue weighted by molar-refractivity contribution is 7.92. The second-order valence-electron chi connectivity index (χ2n) is 7.04. The summed E-state index contributed by atoms with van der Waals surface area (Å²) in [6.07, 6.45) is 3.22. The van der Waals surface area contributed by atoms with E-state index in [1.165, 1.54) is 12.1 Å². The minimum Gasteiger partial charge on any atom is -0.349 e. The lowest BCUT2D eigenvalue weighted by Gasteiger charge is -2.16. The monoisotopic (exact) mass is 399 g/mol. The number of carbonyl (C=O) groups is 2. The highest BCUT2D eigenvalue weighted by atomic mass is 32.2. The summed E-state index contributed by atoms with van der Waals surface area (Å²) in [7, 11) is -3.87. The molecule has 2 aliphatic rings. The van der Waals surface area contributed by atoms with Crippen LogP contribution in [0.15, 0.2) is 53.4 Å². The molecule has 2 aromatic carbocycles. The fourth-order valence-corrected chi connectivity index (χ4v) is 4.27. The van der Waals surface area contributed by atoms with Crippen LogP contribution in [0.25, 0.3) is 0 Å². The van der Waals surface area contributed by atoms with E-state index in [-0.39, 0.29) is 34.0 Å². The van der Waals surface area contributed by atoms with Gasteiger partial charge in [-0.05, 0) is 55.7 Å². The van der Waals surface area contributed by atoms with Gasteiger partial charge in [-0.3, -0.25) is 14.3 Å². The van der Waals surface area contributed by atoms with Crippen molar-refractivity contribution in [2.24, 2.45) is 0 Å². The van der Waals surface area contributed by atoms with Gasteiger partial charge in [-0.15, -0.1) is 0 Å². The molecule has 0 bridgehead atoms. The molecule has 0 unspecified atom stereocenters. The summed E-state index contributed by atoms with van der Waals surface area (Å²) < 4.78 is 28.1. The van der Waals surface area contributed by atoms with Gasteiger partial charge in [0, 0.05) is 24.7 Å². The van der Waals surface area contributed by atoms with Crippen molar-refractivity contribution >= 4 is 33.2 Å². The van der Waals surface area contributed by atoms with Crippen LogP contribution in [-0.2, 0) is 14.8 Å². The quantitative estimate of drug-likeness (QED) is 0.780. The van der Waals surface area contributed by atoms with Gasteiger partial charge in [0.15, 0.2) is 0 Å². The Hall–Kier alpha value is -2.87. The third-order valence-corrected chi connectivity index (χ3v) is 6.24. The number of carbonyl (C=O) groups excluding carboxylic acids is 2. The van der Waals surface area contributed by atoms with Crippen molar-refractivity contribution in [2.75, 3.05) is 16.2 Å². The van der Waals surface area contributed by atoms with E-state index >= 15 is 0 Å². The van der Waals surface area contributed by atoms with Crippen LogP contribution in [0, 0.1) is 0 Å². The van der Waals surface area contributed by atoms with Gasteiger partial charge < -0.3 is 10.2 Å². The van der Waals surface area contributed by atoms with Crippen LogP contribution >= 0.6 is 0 Å². The zero-order chi connectivity index (χ0) is 19.7. The summed E-state index contributed by atoms with van der Waals surface area (Å²) in [5.41, 5.74) is 1.21. The lowest BCUT2D eigenvalue weighted by Crippen LogP contribution is -2.27. The fraction of sp³-hybridized carbons (Fsp3) is 0.300. The van der Waals surface area contributed by atoms with E-state index in [4.69, 9.17) is 0 Å². The number of hydrogen-bond acceptors (Lipinski definition) is 4. The number of sulfonamides is 1. The molecule has 0 radical (unpaired) electrons. The molecular weight excluding hydrogens is 378 g/mol. The second-order valence-corrected chi connectivity index (χ2v) is 8.72. The van der Waals surface area contributed by atoms with Gasteiger partial charge in [0.25, 0.3) is 15.9 Å². The molecule has 2 amide bonds.